The summed E-state index contributed by atoms with van der Waals surface area (Å²) in [7, 11) is -4.11. The topological polar surface area (TPSA) is 76.1 Å². The molecule has 7 heteroatoms. The van der Waals surface area contributed by atoms with Crippen LogP contribution in [-0.4, -0.2) is 19.3 Å². The number of halogens is 1. The second-order valence-electron chi connectivity index (χ2n) is 4.35. The summed E-state index contributed by atoms with van der Waals surface area (Å²) in [5.41, 5.74) is 0.207. The minimum Gasteiger partial charge on any atom is -0.269 e. The van der Waals surface area contributed by atoms with Crippen LogP contribution in [0.5, 0.6) is 0 Å². The van der Waals surface area contributed by atoms with Gasteiger partial charge >= 0.3 is 0 Å². The third-order valence-electron chi connectivity index (χ3n) is 2.99. The molecule has 0 fully saturated rings. The lowest BCUT2D eigenvalue weighted by molar-refractivity contribution is -0.115. The van der Waals surface area contributed by atoms with Crippen molar-refractivity contribution in [3.63, 3.8) is 0 Å². The van der Waals surface area contributed by atoms with Crippen molar-refractivity contribution in [3.8, 4) is 0 Å². The van der Waals surface area contributed by atoms with Crippen LogP contribution in [0.25, 0.3) is 10.9 Å². The molecule has 0 unspecified atom stereocenters. The van der Waals surface area contributed by atoms with Crippen molar-refractivity contribution in [1.82, 2.24) is 9.71 Å². The van der Waals surface area contributed by atoms with Gasteiger partial charge in [-0.3, -0.25) is 9.78 Å². The van der Waals surface area contributed by atoms with Crippen LogP contribution in [0.2, 0.25) is 0 Å². The van der Waals surface area contributed by atoms with E-state index in [1.54, 1.807) is 6.92 Å². The molecule has 2 rings (SSSR count). The van der Waals surface area contributed by atoms with Gasteiger partial charge in [-0.2, -0.15) is 0 Å². The summed E-state index contributed by atoms with van der Waals surface area (Å²) in [4.78, 5) is 15.3. The summed E-state index contributed by atoms with van der Waals surface area (Å²) in [6, 6.07) is 5.06. The molecule has 1 amide bonds. The normalized spacial score (nSPS) is 12.4. The zero-order chi connectivity index (χ0) is 15.6. The van der Waals surface area contributed by atoms with Crippen molar-refractivity contribution in [3.05, 3.63) is 47.9 Å². The fraction of sp³-hybridized carbons (Fsp3) is 0.143. The highest BCUT2D eigenvalue weighted by atomic mass is 32.2. The number of hydrogen-bond acceptors (Lipinski definition) is 4. The summed E-state index contributed by atoms with van der Waals surface area (Å²) in [5, 5.41) is 0.121. The third kappa shape index (κ3) is 2.92. The van der Waals surface area contributed by atoms with Gasteiger partial charge in [0, 0.05) is 17.2 Å². The Labute approximate surface area is 121 Å². The Kier molecular flexibility index (Phi) is 4.04. The van der Waals surface area contributed by atoms with E-state index in [0.29, 0.717) is 0 Å². The van der Waals surface area contributed by atoms with Crippen molar-refractivity contribution < 1.29 is 17.6 Å². The fourth-order valence-corrected chi connectivity index (χ4v) is 2.95. The highest BCUT2D eigenvalue weighted by Gasteiger charge is 2.22. The number of benzene rings is 1. The molecule has 21 heavy (non-hydrogen) atoms. The predicted octanol–water partition coefficient (Wildman–Crippen LogP) is 2.15. The monoisotopic (exact) mass is 308 g/mol. The van der Waals surface area contributed by atoms with Crippen molar-refractivity contribution in [2.45, 2.75) is 18.7 Å². The molecular weight excluding hydrogens is 295 g/mol. The molecule has 2 aromatic rings. The molecule has 1 aromatic carbocycles. The predicted molar refractivity (Wildman–Crippen MR) is 76.5 cm³/mol. The Morgan fingerprint density at radius 1 is 1.33 bits per heavy atom. The number of pyridine rings is 1. The van der Waals surface area contributed by atoms with Gasteiger partial charge in [-0.25, -0.2) is 17.5 Å². The van der Waals surface area contributed by atoms with Crippen LogP contribution in [0.15, 0.2) is 47.0 Å². The molecule has 0 radical (unpaired) electrons. The molecule has 0 aliphatic carbocycles. The number of allylic oxidation sites excluding steroid dienone is 1. The lowest BCUT2D eigenvalue weighted by atomic mass is 10.2. The van der Waals surface area contributed by atoms with Crippen molar-refractivity contribution in [2.75, 3.05) is 0 Å². The maximum absolute atomic E-state index is 13.6. The quantitative estimate of drug-likeness (QED) is 0.881. The number of aromatic nitrogens is 1. The van der Waals surface area contributed by atoms with Crippen LogP contribution in [0.1, 0.15) is 13.8 Å². The van der Waals surface area contributed by atoms with Crippen LogP contribution in [0.4, 0.5) is 4.39 Å². The van der Waals surface area contributed by atoms with Crippen LogP contribution in [-0.2, 0) is 14.8 Å². The molecule has 1 heterocycles. The van der Waals surface area contributed by atoms with Crippen LogP contribution >= 0.6 is 0 Å². The molecule has 0 saturated carbocycles. The van der Waals surface area contributed by atoms with Crippen molar-refractivity contribution in [1.29, 1.82) is 0 Å². The molecule has 0 saturated heterocycles. The van der Waals surface area contributed by atoms with E-state index in [4.69, 9.17) is 0 Å². The standard InChI is InChI=1S/C14H13FN2O3S/c1-3-9(2)14(18)17-21(19,20)12-7-6-11(15)13-10(12)5-4-8-16-13/h3-8H,1-2H3,(H,17,18). The molecule has 110 valence electrons. The summed E-state index contributed by atoms with van der Waals surface area (Å²) in [5.74, 6) is -1.35. The Morgan fingerprint density at radius 2 is 2.05 bits per heavy atom. The van der Waals surface area contributed by atoms with Gasteiger partial charge in [0.2, 0.25) is 0 Å². The number of sulfonamides is 1. The highest BCUT2D eigenvalue weighted by molar-refractivity contribution is 7.90. The van der Waals surface area contributed by atoms with E-state index in [1.807, 2.05) is 4.72 Å². The maximum atomic E-state index is 13.6. The van der Waals surface area contributed by atoms with E-state index in [1.165, 1.54) is 31.3 Å². The molecule has 0 aliphatic rings. The fourth-order valence-electron chi connectivity index (χ4n) is 1.73. The molecule has 0 spiro atoms. The van der Waals surface area contributed by atoms with Gasteiger partial charge in [-0.1, -0.05) is 6.08 Å². The molecule has 1 aromatic heterocycles. The van der Waals surface area contributed by atoms with Crippen LogP contribution in [0, 0.1) is 5.82 Å². The number of rotatable bonds is 3. The van der Waals surface area contributed by atoms with Gasteiger partial charge in [0.25, 0.3) is 15.9 Å². The second kappa shape index (κ2) is 5.61. The Hall–Kier alpha value is -2.28. The zero-order valence-corrected chi connectivity index (χ0v) is 12.2. The van der Waals surface area contributed by atoms with E-state index in [-0.39, 0.29) is 21.4 Å². The largest absolute Gasteiger partial charge is 0.269 e. The first-order valence-corrected chi connectivity index (χ1v) is 7.58. The lowest BCUT2D eigenvalue weighted by Gasteiger charge is -2.09. The lowest BCUT2D eigenvalue weighted by Crippen LogP contribution is -2.31. The van der Waals surface area contributed by atoms with Crippen LogP contribution < -0.4 is 4.72 Å². The van der Waals surface area contributed by atoms with Gasteiger partial charge in [0.05, 0.1) is 4.90 Å². The average Bonchev–Trinajstić information content (AvgIpc) is 2.46. The van der Waals surface area contributed by atoms with E-state index < -0.39 is 21.7 Å². The number of nitrogens with one attached hydrogen (secondary N) is 1. The van der Waals surface area contributed by atoms with Gasteiger partial charge < -0.3 is 0 Å². The number of carbonyl (C=O) groups is 1. The number of amides is 1. The summed E-state index contributed by atoms with van der Waals surface area (Å²) in [6.45, 7) is 3.12. The average molecular weight is 308 g/mol. The van der Waals surface area contributed by atoms with Gasteiger partial charge in [0.1, 0.15) is 11.3 Å². The number of hydrogen-bond donors (Lipinski definition) is 1. The number of fused-ring (bicyclic) bond motifs is 1. The summed E-state index contributed by atoms with van der Waals surface area (Å²) in [6.07, 6.45) is 2.86. The van der Waals surface area contributed by atoms with Gasteiger partial charge in [-0.15, -0.1) is 0 Å². The van der Waals surface area contributed by atoms with Gasteiger partial charge in [0.15, 0.2) is 0 Å². The van der Waals surface area contributed by atoms with E-state index in [9.17, 15) is 17.6 Å². The molecule has 0 bridgehead atoms. The molecule has 0 atom stereocenters. The van der Waals surface area contributed by atoms with Gasteiger partial charge in [-0.05, 0) is 38.1 Å². The Balaban J connectivity index is 2.56. The zero-order valence-electron chi connectivity index (χ0n) is 11.4. The minimum absolute atomic E-state index is 0.0596. The first-order valence-electron chi connectivity index (χ1n) is 6.10. The minimum atomic E-state index is -4.11. The SMILES string of the molecule is CC=C(C)C(=O)NS(=O)(=O)c1ccc(F)c2ncccc12. The summed E-state index contributed by atoms with van der Waals surface area (Å²) < 4.78 is 40.2. The number of nitrogens with zero attached hydrogens (tertiary/aromatic N) is 1. The van der Waals surface area contributed by atoms with E-state index in [0.717, 1.165) is 12.1 Å². The first kappa shape index (κ1) is 15.1. The van der Waals surface area contributed by atoms with Crippen LogP contribution in [0.3, 0.4) is 0 Å². The third-order valence-corrected chi connectivity index (χ3v) is 4.38. The summed E-state index contributed by atoms with van der Waals surface area (Å²) >= 11 is 0. The molecule has 5 nitrogen and oxygen atoms in total. The first-order chi connectivity index (χ1) is 9.86. The van der Waals surface area contributed by atoms with E-state index >= 15 is 0 Å². The van der Waals surface area contributed by atoms with E-state index in [2.05, 4.69) is 4.98 Å². The molecule has 0 aliphatic heterocycles. The highest BCUT2D eigenvalue weighted by Crippen LogP contribution is 2.23. The Bertz CT molecular complexity index is 844. The van der Waals surface area contributed by atoms with Crippen molar-refractivity contribution >= 4 is 26.8 Å². The van der Waals surface area contributed by atoms with Crippen molar-refractivity contribution in [2.24, 2.45) is 0 Å². The molecular formula is C14H13FN2O3S. The smallest absolute Gasteiger partial charge is 0.264 e. The maximum Gasteiger partial charge on any atom is 0.264 e. The Morgan fingerprint density at radius 3 is 2.71 bits per heavy atom. The second-order valence-corrected chi connectivity index (χ2v) is 6.00. The molecule has 1 N–H and O–H groups in total. The number of carbonyl (C=O) groups excluding carboxylic acids is 1.